The fourth-order valence-corrected chi connectivity index (χ4v) is 2.15. The van der Waals surface area contributed by atoms with E-state index in [1.165, 1.54) is 4.90 Å². The number of carbonyl (C=O) groups is 3. The number of hydrogen-bond donors (Lipinski definition) is 2. The fourth-order valence-electron chi connectivity index (χ4n) is 2.15. The quantitative estimate of drug-likeness (QED) is 0.669. The lowest BCUT2D eigenvalue weighted by molar-refractivity contribution is -0.134. The first-order valence-corrected chi connectivity index (χ1v) is 6.75. The summed E-state index contributed by atoms with van der Waals surface area (Å²) in [4.78, 5) is 38.3. The molecule has 7 nitrogen and oxygen atoms in total. The summed E-state index contributed by atoms with van der Waals surface area (Å²) in [6.45, 7) is 7.15. The van der Waals surface area contributed by atoms with E-state index in [1.807, 2.05) is 13.8 Å². The van der Waals surface area contributed by atoms with Gasteiger partial charge in [-0.1, -0.05) is 0 Å². The number of nitrogens with one attached hydrogen (secondary N) is 1. The maximum Gasteiger partial charge on any atom is 0.325 e. The van der Waals surface area contributed by atoms with Crippen LogP contribution in [0, 0.1) is 0 Å². The van der Waals surface area contributed by atoms with Gasteiger partial charge in [0.25, 0.3) is 5.91 Å². The standard InChI is InChI=1S/C13H23N3O4/c1-9(2)15(7-8-17)10(18)5-6-16-11(19)13(3,4)14-12(16)20/h9,17H,5-8H2,1-4H3,(H,14,20). The van der Waals surface area contributed by atoms with Gasteiger partial charge in [0.05, 0.1) is 6.61 Å². The molecule has 1 rings (SSSR count). The van der Waals surface area contributed by atoms with Crippen LogP contribution in [0.5, 0.6) is 0 Å². The third kappa shape index (κ3) is 3.47. The molecule has 0 aromatic heterocycles. The molecule has 0 aromatic rings. The average molecular weight is 285 g/mol. The number of amides is 4. The predicted octanol–water partition coefficient (Wildman–Crippen LogP) is -0.0638. The zero-order valence-corrected chi connectivity index (χ0v) is 12.5. The van der Waals surface area contributed by atoms with Crippen molar-refractivity contribution in [3.8, 4) is 0 Å². The number of nitrogens with zero attached hydrogens (tertiary/aromatic N) is 2. The third-order valence-electron chi connectivity index (χ3n) is 3.28. The molecule has 1 aliphatic heterocycles. The van der Waals surface area contributed by atoms with E-state index in [-0.39, 0.29) is 44.0 Å². The van der Waals surface area contributed by atoms with E-state index in [0.29, 0.717) is 0 Å². The Hall–Kier alpha value is -1.63. The van der Waals surface area contributed by atoms with Crippen LogP contribution < -0.4 is 5.32 Å². The van der Waals surface area contributed by atoms with Crippen molar-refractivity contribution in [2.45, 2.75) is 45.7 Å². The highest BCUT2D eigenvalue weighted by atomic mass is 16.3. The molecule has 0 saturated carbocycles. The first-order chi connectivity index (χ1) is 9.20. The molecule has 0 atom stereocenters. The van der Waals surface area contributed by atoms with E-state index in [2.05, 4.69) is 5.32 Å². The smallest absolute Gasteiger partial charge is 0.325 e. The summed E-state index contributed by atoms with van der Waals surface area (Å²) >= 11 is 0. The van der Waals surface area contributed by atoms with Gasteiger partial charge in [-0.15, -0.1) is 0 Å². The Morgan fingerprint density at radius 1 is 1.40 bits per heavy atom. The van der Waals surface area contributed by atoms with Crippen LogP contribution >= 0.6 is 0 Å². The van der Waals surface area contributed by atoms with Gasteiger partial charge in [0, 0.05) is 25.6 Å². The molecule has 1 saturated heterocycles. The Bertz CT molecular complexity index is 406. The van der Waals surface area contributed by atoms with Crippen LogP contribution in [0.15, 0.2) is 0 Å². The third-order valence-corrected chi connectivity index (χ3v) is 3.28. The van der Waals surface area contributed by atoms with Crippen LogP contribution in [0.2, 0.25) is 0 Å². The van der Waals surface area contributed by atoms with Crippen LogP contribution in [-0.4, -0.2) is 64.0 Å². The monoisotopic (exact) mass is 285 g/mol. The summed E-state index contributed by atoms with van der Waals surface area (Å²) in [6.07, 6.45) is 0.0629. The minimum atomic E-state index is -0.914. The number of aliphatic hydroxyl groups excluding tert-OH is 1. The largest absolute Gasteiger partial charge is 0.395 e. The number of carbonyl (C=O) groups excluding carboxylic acids is 3. The maximum absolute atomic E-state index is 12.1. The first kappa shape index (κ1) is 16.4. The highest BCUT2D eigenvalue weighted by molar-refractivity contribution is 6.06. The van der Waals surface area contributed by atoms with E-state index in [1.54, 1.807) is 13.8 Å². The van der Waals surface area contributed by atoms with Crippen molar-refractivity contribution in [3.63, 3.8) is 0 Å². The first-order valence-electron chi connectivity index (χ1n) is 6.75. The summed E-state index contributed by atoms with van der Waals surface area (Å²) in [6, 6.07) is -0.500. The molecule has 0 aromatic carbocycles. The lowest BCUT2D eigenvalue weighted by atomic mass is 10.1. The van der Waals surface area contributed by atoms with Gasteiger partial charge in [-0.3, -0.25) is 14.5 Å². The van der Waals surface area contributed by atoms with Crippen molar-refractivity contribution in [2.75, 3.05) is 19.7 Å². The summed E-state index contributed by atoms with van der Waals surface area (Å²) < 4.78 is 0. The van der Waals surface area contributed by atoms with Crippen LogP contribution in [0.4, 0.5) is 4.79 Å². The number of aliphatic hydroxyl groups is 1. The second-order valence-corrected chi connectivity index (χ2v) is 5.67. The number of hydrogen-bond acceptors (Lipinski definition) is 4. The average Bonchev–Trinajstić information content (AvgIpc) is 2.53. The lowest BCUT2D eigenvalue weighted by Gasteiger charge is -2.26. The predicted molar refractivity (Wildman–Crippen MR) is 72.9 cm³/mol. The minimum absolute atomic E-state index is 0.0332. The molecule has 0 aliphatic carbocycles. The van der Waals surface area contributed by atoms with Crippen LogP contribution in [0.3, 0.4) is 0 Å². The zero-order chi connectivity index (χ0) is 15.5. The lowest BCUT2D eigenvalue weighted by Crippen LogP contribution is -2.42. The summed E-state index contributed by atoms with van der Waals surface area (Å²) in [5.41, 5.74) is -0.914. The van der Waals surface area contributed by atoms with Gasteiger partial charge in [0.2, 0.25) is 5.91 Å². The van der Waals surface area contributed by atoms with Gasteiger partial charge in [-0.25, -0.2) is 4.79 Å². The van der Waals surface area contributed by atoms with Crippen LogP contribution in [-0.2, 0) is 9.59 Å². The van der Waals surface area contributed by atoms with Crippen molar-refractivity contribution < 1.29 is 19.5 Å². The van der Waals surface area contributed by atoms with Gasteiger partial charge in [0.15, 0.2) is 0 Å². The molecule has 0 radical (unpaired) electrons. The second kappa shape index (κ2) is 6.21. The molecule has 0 spiro atoms. The van der Waals surface area contributed by atoms with E-state index in [0.717, 1.165) is 4.90 Å². The molecule has 1 fully saturated rings. The molecular formula is C13H23N3O4. The highest BCUT2D eigenvalue weighted by Crippen LogP contribution is 2.17. The van der Waals surface area contributed by atoms with Crippen molar-refractivity contribution in [3.05, 3.63) is 0 Å². The summed E-state index contributed by atoms with van der Waals surface area (Å²) in [5, 5.41) is 11.5. The van der Waals surface area contributed by atoms with Crippen molar-refractivity contribution in [1.29, 1.82) is 0 Å². The number of imide groups is 1. The normalized spacial score (nSPS) is 17.6. The van der Waals surface area contributed by atoms with E-state index < -0.39 is 11.6 Å². The van der Waals surface area contributed by atoms with E-state index in [9.17, 15) is 14.4 Å². The summed E-state index contributed by atoms with van der Waals surface area (Å²) in [7, 11) is 0. The topological polar surface area (TPSA) is 89.9 Å². The van der Waals surface area contributed by atoms with Crippen molar-refractivity contribution >= 4 is 17.8 Å². The van der Waals surface area contributed by atoms with Gasteiger partial charge in [0.1, 0.15) is 5.54 Å². The van der Waals surface area contributed by atoms with E-state index in [4.69, 9.17) is 5.11 Å². The molecule has 4 amide bonds. The molecule has 1 aliphatic rings. The maximum atomic E-state index is 12.1. The number of rotatable bonds is 6. The second-order valence-electron chi connectivity index (χ2n) is 5.67. The Balaban J connectivity index is 2.61. The van der Waals surface area contributed by atoms with Crippen molar-refractivity contribution in [2.24, 2.45) is 0 Å². The van der Waals surface area contributed by atoms with Crippen LogP contribution in [0.1, 0.15) is 34.1 Å². The molecule has 114 valence electrons. The molecule has 2 N–H and O–H groups in total. The van der Waals surface area contributed by atoms with Gasteiger partial charge < -0.3 is 15.3 Å². The summed E-state index contributed by atoms with van der Waals surface area (Å²) in [5.74, 6) is -0.507. The molecule has 1 heterocycles. The SMILES string of the molecule is CC(C)N(CCO)C(=O)CCN1C(=O)NC(C)(C)C1=O. The van der Waals surface area contributed by atoms with E-state index >= 15 is 0 Å². The molecular weight excluding hydrogens is 262 g/mol. The Morgan fingerprint density at radius 2 is 2.00 bits per heavy atom. The number of urea groups is 1. The van der Waals surface area contributed by atoms with Gasteiger partial charge in [-0.05, 0) is 27.7 Å². The molecule has 0 bridgehead atoms. The Labute approximate surface area is 118 Å². The Morgan fingerprint density at radius 3 is 2.40 bits per heavy atom. The molecule has 20 heavy (non-hydrogen) atoms. The van der Waals surface area contributed by atoms with Crippen molar-refractivity contribution in [1.82, 2.24) is 15.1 Å². The minimum Gasteiger partial charge on any atom is -0.395 e. The highest BCUT2D eigenvalue weighted by Gasteiger charge is 2.44. The fraction of sp³-hybridized carbons (Fsp3) is 0.769. The molecule has 7 heteroatoms. The Kier molecular flexibility index (Phi) is 5.10. The van der Waals surface area contributed by atoms with Crippen LogP contribution in [0.25, 0.3) is 0 Å². The van der Waals surface area contributed by atoms with Gasteiger partial charge in [-0.2, -0.15) is 0 Å². The molecule has 0 unspecified atom stereocenters. The zero-order valence-electron chi connectivity index (χ0n) is 12.5. The van der Waals surface area contributed by atoms with Gasteiger partial charge >= 0.3 is 6.03 Å².